The van der Waals surface area contributed by atoms with Crippen LogP contribution in [0.25, 0.3) is 0 Å². The first kappa shape index (κ1) is 13.5. The number of carbonyl (C=O) groups excluding carboxylic acids is 1. The van der Waals surface area contributed by atoms with E-state index in [1.165, 1.54) is 0 Å². The molecule has 0 radical (unpaired) electrons. The maximum absolute atomic E-state index is 12.5. The minimum atomic E-state index is -0.742. The van der Waals surface area contributed by atoms with E-state index in [9.17, 15) is 4.79 Å². The van der Waals surface area contributed by atoms with Gasteiger partial charge in [-0.05, 0) is 38.5 Å². The third kappa shape index (κ3) is 2.44. The SMILES string of the molecule is Cc1cc(NC(=O)C(C)(C)c2ccc3c(c2)OCO3)no1. The summed E-state index contributed by atoms with van der Waals surface area (Å²) in [5.74, 6) is 2.24. The van der Waals surface area contributed by atoms with Gasteiger partial charge in [-0.1, -0.05) is 11.2 Å². The van der Waals surface area contributed by atoms with Crippen molar-refractivity contribution in [3.63, 3.8) is 0 Å². The predicted octanol–water partition coefficient (Wildman–Crippen LogP) is 2.63. The molecule has 0 bridgehead atoms. The van der Waals surface area contributed by atoms with Crippen LogP contribution in [0.4, 0.5) is 5.82 Å². The number of nitrogens with zero attached hydrogens (tertiary/aromatic N) is 1. The van der Waals surface area contributed by atoms with Gasteiger partial charge in [0, 0.05) is 6.07 Å². The van der Waals surface area contributed by atoms with Crippen molar-refractivity contribution >= 4 is 11.7 Å². The van der Waals surface area contributed by atoms with E-state index in [0.717, 1.165) is 5.56 Å². The number of aromatic nitrogens is 1. The summed E-state index contributed by atoms with van der Waals surface area (Å²) >= 11 is 0. The van der Waals surface area contributed by atoms with Crippen LogP contribution in [0.15, 0.2) is 28.8 Å². The molecule has 1 amide bonds. The van der Waals surface area contributed by atoms with Gasteiger partial charge in [0.1, 0.15) is 5.76 Å². The molecule has 6 nitrogen and oxygen atoms in total. The average molecular weight is 288 g/mol. The molecular weight excluding hydrogens is 272 g/mol. The summed E-state index contributed by atoms with van der Waals surface area (Å²) in [5.41, 5.74) is 0.0952. The van der Waals surface area contributed by atoms with Crippen LogP contribution >= 0.6 is 0 Å². The van der Waals surface area contributed by atoms with Crippen molar-refractivity contribution in [3.8, 4) is 11.5 Å². The lowest BCUT2D eigenvalue weighted by Gasteiger charge is -2.23. The third-order valence-electron chi connectivity index (χ3n) is 3.53. The number of hydrogen-bond acceptors (Lipinski definition) is 5. The minimum Gasteiger partial charge on any atom is -0.454 e. The number of rotatable bonds is 3. The summed E-state index contributed by atoms with van der Waals surface area (Å²) in [6.45, 7) is 5.66. The van der Waals surface area contributed by atoms with E-state index in [1.54, 1.807) is 13.0 Å². The zero-order chi connectivity index (χ0) is 15.0. The van der Waals surface area contributed by atoms with Crippen molar-refractivity contribution in [2.75, 3.05) is 12.1 Å². The topological polar surface area (TPSA) is 73.6 Å². The number of amides is 1. The van der Waals surface area contributed by atoms with Crippen molar-refractivity contribution in [1.29, 1.82) is 0 Å². The van der Waals surface area contributed by atoms with Crippen LogP contribution in [0.1, 0.15) is 25.2 Å². The number of benzene rings is 1. The maximum Gasteiger partial charge on any atom is 0.235 e. The van der Waals surface area contributed by atoms with Gasteiger partial charge >= 0.3 is 0 Å². The highest BCUT2D eigenvalue weighted by Gasteiger charge is 2.32. The molecule has 0 unspecified atom stereocenters. The fourth-order valence-electron chi connectivity index (χ4n) is 2.11. The average Bonchev–Trinajstić information content (AvgIpc) is 3.06. The molecule has 6 heteroatoms. The molecule has 1 aliphatic heterocycles. The number of fused-ring (bicyclic) bond motifs is 1. The van der Waals surface area contributed by atoms with Gasteiger partial charge in [0.2, 0.25) is 12.7 Å². The molecule has 1 aromatic carbocycles. The molecule has 0 spiro atoms. The van der Waals surface area contributed by atoms with E-state index < -0.39 is 5.41 Å². The lowest BCUT2D eigenvalue weighted by molar-refractivity contribution is -0.120. The molecule has 21 heavy (non-hydrogen) atoms. The zero-order valence-electron chi connectivity index (χ0n) is 12.1. The second-order valence-corrected chi connectivity index (χ2v) is 5.47. The lowest BCUT2D eigenvalue weighted by atomic mass is 9.83. The first-order chi connectivity index (χ1) is 9.96. The summed E-state index contributed by atoms with van der Waals surface area (Å²) in [4.78, 5) is 12.5. The fourth-order valence-corrected chi connectivity index (χ4v) is 2.11. The summed E-state index contributed by atoms with van der Waals surface area (Å²) in [6.07, 6.45) is 0. The molecule has 0 saturated heterocycles. The zero-order valence-corrected chi connectivity index (χ0v) is 12.1. The summed E-state index contributed by atoms with van der Waals surface area (Å²) in [7, 11) is 0. The Labute approximate surface area is 122 Å². The van der Waals surface area contributed by atoms with Gasteiger partial charge in [-0.15, -0.1) is 0 Å². The molecule has 2 heterocycles. The van der Waals surface area contributed by atoms with E-state index in [4.69, 9.17) is 14.0 Å². The van der Waals surface area contributed by atoms with Crippen molar-refractivity contribution < 1.29 is 18.8 Å². The fraction of sp³-hybridized carbons (Fsp3) is 0.333. The van der Waals surface area contributed by atoms with Crippen LogP contribution in [0.2, 0.25) is 0 Å². The Morgan fingerprint density at radius 3 is 2.71 bits per heavy atom. The van der Waals surface area contributed by atoms with E-state index in [0.29, 0.717) is 23.1 Å². The van der Waals surface area contributed by atoms with Crippen LogP contribution < -0.4 is 14.8 Å². The highest BCUT2D eigenvalue weighted by Crippen LogP contribution is 2.36. The monoisotopic (exact) mass is 288 g/mol. The highest BCUT2D eigenvalue weighted by molar-refractivity contribution is 5.98. The van der Waals surface area contributed by atoms with Crippen molar-refractivity contribution in [3.05, 3.63) is 35.6 Å². The Morgan fingerprint density at radius 2 is 2.00 bits per heavy atom. The molecule has 2 aromatic rings. The second-order valence-electron chi connectivity index (χ2n) is 5.47. The van der Waals surface area contributed by atoms with E-state index in [-0.39, 0.29) is 12.7 Å². The first-order valence-corrected chi connectivity index (χ1v) is 6.62. The van der Waals surface area contributed by atoms with Gasteiger partial charge in [-0.25, -0.2) is 0 Å². The molecule has 3 rings (SSSR count). The molecule has 0 saturated carbocycles. The number of aryl methyl sites for hydroxylation is 1. The van der Waals surface area contributed by atoms with E-state index >= 15 is 0 Å². The standard InChI is InChI=1S/C15H16N2O4/c1-9-6-13(17-21-9)16-14(18)15(2,3)10-4-5-11-12(7-10)20-8-19-11/h4-7H,8H2,1-3H3,(H,16,17,18). The lowest BCUT2D eigenvalue weighted by Crippen LogP contribution is -2.34. The predicted molar refractivity (Wildman–Crippen MR) is 75.5 cm³/mol. The van der Waals surface area contributed by atoms with Gasteiger partial charge < -0.3 is 19.3 Å². The summed E-state index contributed by atoms with van der Waals surface area (Å²) in [5, 5.41) is 6.52. The van der Waals surface area contributed by atoms with Crippen molar-refractivity contribution in [2.24, 2.45) is 0 Å². The third-order valence-corrected chi connectivity index (χ3v) is 3.53. The molecule has 1 N–H and O–H groups in total. The number of nitrogens with one attached hydrogen (secondary N) is 1. The molecule has 0 fully saturated rings. The Kier molecular flexibility index (Phi) is 3.08. The normalized spacial score (nSPS) is 13.3. The van der Waals surface area contributed by atoms with Crippen LogP contribution in [-0.2, 0) is 10.2 Å². The Hall–Kier alpha value is -2.50. The van der Waals surface area contributed by atoms with Crippen LogP contribution in [0.3, 0.4) is 0 Å². The van der Waals surface area contributed by atoms with Gasteiger partial charge in [0.15, 0.2) is 17.3 Å². The smallest absolute Gasteiger partial charge is 0.235 e. The van der Waals surface area contributed by atoms with Gasteiger partial charge in [0.05, 0.1) is 5.41 Å². The maximum atomic E-state index is 12.5. The van der Waals surface area contributed by atoms with Gasteiger partial charge in [-0.2, -0.15) is 0 Å². The van der Waals surface area contributed by atoms with E-state index in [2.05, 4.69) is 10.5 Å². The van der Waals surface area contributed by atoms with Crippen LogP contribution in [0.5, 0.6) is 11.5 Å². The molecule has 0 atom stereocenters. The molecule has 1 aromatic heterocycles. The molecule has 1 aliphatic rings. The molecule has 0 aliphatic carbocycles. The van der Waals surface area contributed by atoms with Crippen LogP contribution in [-0.4, -0.2) is 17.9 Å². The van der Waals surface area contributed by atoms with Gasteiger partial charge in [-0.3, -0.25) is 4.79 Å². The van der Waals surface area contributed by atoms with Gasteiger partial charge in [0.25, 0.3) is 0 Å². The first-order valence-electron chi connectivity index (χ1n) is 6.62. The molecule has 110 valence electrons. The van der Waals surface area contributed by atoms with E-state index in [1.807, 2.05) is 32.0 Å². The summed E-state index contributed by atoms with van der Waals surface area (Å²) in [6, 6.07) is 7.18. The Bertz CT molecular complexity index is 691. The minimum absolute atomic E-state index is 0.172. The van der Waals surface area contributed by atoms with Crippen molar-refractivity contribution in [1.82, 2.24) is 5.16 Å². The Morgan fingerprint density at radius 1 is 1.24 bits per heavy atom. The quantitative estimate of drug-likeness (QED) is 0.939. The second kappa shape index (κ2) is 4.80. The van der Waals surface area contributed by atoms with Crippen molar-refractivity contribution in [2.45, 2.75) is 26.2 Å². The number of hydrogen-bond donors (Lipinski definition) is 1. The highest BCUT2D eigenvalue weighted by atomic mass is 16.7. The molecular formula is C15H16N2O4. The number of ether oxygens (including phenoxy) is 2. The largest absolute Gasteiger partial charge is 0.454 e. The number of anilines is 1. The summed E-state index contributed by atoms with van der Waals surface area (Å²) < 4.78 is 15.6. The Balaban J connectivity index is 1.83. The number of carbonyl (C=O) groups is 1. The van der Waals surface area contributed by atoms with Crippen LogP contribution in [0, 0.1) is 6.92 Å².